The van der Waals surface area contributed by atoms with Crippen LogP contribution in [-0.4, -0.2) is 41.8 Å². The van der Waals surface area contributed by atoms with Crippen LogP contribution in [0.4, 0.5) is 9.59 Å². The molecule has 0 aromatic heterocycles. The first-order valence-electron chi connectivity index (χ1n) is 6.92. The Kier molecular flexibility index (Phi) is 6.88. The monoisotopic (exact) mass is 308 g/mol. The zero-order valence-electron chi connectivity index (χ0n) is 12.7. The third-order valence-corrected chi connectivity index (χ3v) is 2.94. The Morgan fingerprint density at radius 1 is 1.18 bits per heavy atom. The number of ether oxygens (including phenoxy) is 1. The van der Waals surface area contributed by atoms with Crippen LogP contribution in [0, 0.1) is 0 Å². The molecule has 3 amide bonds. The molecule has 0 fully saturated rings. The van der Waals surface area contributed by atoms with Gasteiger partial charge in [-0.2, -0.15) is 0 Å². The van der Waals surface area contributed by atoms with E-state index in [1.165, 1.54) is 7.05 Å². The Morgan fingerprint density at radius 3 is 2.32 bits per heavy atom. The van der Waals surface area contributed by atoms with Gasteiger partial charge in [-0.15, -0.1) is 0 Å². The molecule has 0 spiro atoms. The van der Waals surface area contributed by atoms with Gasteiger partial charge in [0.1, 0.15) is 0 Å². The number of hydrogen-bond acceptors (Lipinski definition) is 4. The van der Waals surface area contributed by atoms with Gasteiger partial charge in [0, 0.05) is 20.0 Å². The zero-order valence-corrected chi connectivity index (χ0v) is 12.7. The third-order valence-electron chi connectivity index (χ3n) is 2.94. The molecule has 22 heavy (non-hydrogen) atoms. The minimum atomic E-state index is -0.835. The average molecular weight is 308 g/mol. The summed E-state index contributed by atoms with van der Waals surface area (Å²) in [5.41, 5.74) is 1.77. The van der Waals surface area contributed by atoms with Crippen molar-refractivity contribution in [3.63, 3.8) is 0 Å². The number of aryl methyl sites for hydroxylation is 1. The number of nitrogens with one attached hydrogen (secondary N) is 1. The summed E-state index contributed by atoms with van der Waals surface area (Å²) in [5.74, 6) is -0.835. The number of hydrogen-bond donors (Lipinski definition) is 2. The van der Waals surface area contributed by atoms with Crippen LogP contribution < -0.4 is 5.32 Å². The number of carbonyl (C=O) groups excluding carboxylic acids is 2. The van der Waals surface area contributed by atoms with E-state index < -0.39 is 18.1 Å². The maximum Gasteiger partial charge on any atom is 0.417 e. The van der Waals surface area contributed by atoms with Gasteiger partial charge in [-0.05, 0) is 24.5 Å². The van der Waals surface area contributed by atoms with Gasteiger partial charge in [0.25, 0.3) is 0 Å². The van der Waals surface area contributed by atoms with Gasteiger partial charge in [0.05, 0.1) is 6.61 Å². The van der Waals surface area contributed by atoms with Crippen molar-refractivity contribution in [2.45, 2.75) is 26.3 Å². The SMILES string of the molecule is CCOC(=O)N(C)C(=O)NCc1ccc(CCC(=O)O)cc1. The highest BCUT2D eigenvalue weighted by Gasteiger charge is 2.16. The van der Waals surface area contributed by atoms with Gasteiger partial charge in [0.15, 0.2) is 0 Å². The molecular formula is C15H20N2O5. The molecule has 0 aliphatic carbocycles. The van der Waals surface area contributed by atoms with Gasteiger partial charge < -0.3 is 15.2 Å². The van der Waals surface area contributed by atoms with Crippen LogP contribution in [-0.2, 0) is 22.5 Å². The van der Waals surface area contributed by atoms with Crippen LogP contribution in [0.3, 0.4) is 0 Å². The van der Waals surface area contributed by atoms with E-state index in [4.69, 9.17) is 9.84 Å². The number of imide groups is 1. The number of urea groups is 1. The maximum absolute atomic E-state index is 11.7. The molecule has 0 aliphatic heterocycles. The summed E-state index contributed by atoms with van der Waals surface area (Å²) in [5, 5.41) is 11.2. The molecular weight excluding hydrogens is 288 g/mol. The van der Waals surface area contributed by atoms with E-state index in [-0.39, 0.29) is 19.6 Å². The average Bonchev–Trinajstić information content (AvgIpc) is 2.51. The Balaban J connectivity index is 2.45. The van der Waals surface area contributed by atoms with Crippen molar-refractivity contribution in [2.24, 2.45) is 0 Å². The van der Waals surface area contributed by atoms with Crippen LogP contribution >= 0.6 is 0 Å². The van der Waals surface area contributed by atoms with Gasteiger partial charge in [0.2, 0.25) is 0 Å². The molecule has 7 nitrogen and oxygen atoms in total. The predicted molar refractivity (Wildman–Crippen MR) is 79.4 cm³/mol. The fraction of sp³-hybridized carbons (Fsp3) is 0.400. The molecule has 1 rings (SSSR count). The minimum Gasteiger partial charge on any atom is -0.481 e. The first kappa shape index (κ1) is 17.5. The van der Waals surface area contributed by atoms with Gasteiger partial charge >= 0.3 is 18.1 Å². The van der Waals surface area contributed by atoms with Crippen LogP contribution in [0.15, 0.2) is 24.3 Å². The number of amides is 3. The van der Waals surface area contributed by atoms with Crippen LogP contribution in [0.25, 0.3) is 0 Å². The van der Waals surface area contributed by atoms with Crippen LogP contribution in [0.5, 0.6) is 0 Å². The number of carboxylic acids is 1. The first-order valence-corrected chi connectivity index (χ1v) is 6.92. The molecule has 0 saturated heterocycles. The van der Waals surface area contributed by atoms with Gasteiger partial charge in [-0.3, -0.25) is 4.79 Å². The normalized spacial score (nSPS) is 9.91. The van der Waals surface area contributed by atoms with Crippen LogP contribution in [0.2, 0.25) is 0 Å². The molecule has 2 N–H and O–H groups in total. The predicted octanol–water partition coefficient (Wildman–Crippen LogP) is 2.00. The fourth-order valence-electron chi connectivity index (χ4n) is 1.67. The highest BCUT2D eigenvalue weighted by molar-refractivity contribution is 5.90. The lowest BCUT2D eigenvalue weighted by Gasteiger charge is -2.15. The van der Waals surface area contributed by atoms with Gasteiger partial charge in [-0.25, -0.2) is 14.5 Å². The van der Waals surface area contributed by atoms with E-state index in [1.54, 1.807) is 6.92 Å². The second-order valence-electron chi connectivity index (χ2n) is 4.63. The lowest BCUT2D eigenvalue weighted by molar-refractivity contribution is -0.136. The van der Waals surface area contributed by atoms with E-state index in [9.17, 15) is 14.4 Å². The zero-order chi connectivity index (χ0) is 16.5. The standard InChI is InChI=1S/C15H20N2O5/c1-3-22-15(21)17(2)14(20)16-10-12-6-4-11(5-7-12)8-9-13(18)19/h4-7H,3,8-10H2,1-2H3,(H,16,20)(H,18,19). The lowest BCUT2D eigenvalue weighted by Crippen LogP contribution is -2.41. The molecule has 0 radical (unpaired) electrons. The van der Waals surface area contributed by atoms with E-state index in [2.05, 4.69) is 5.32 Å². The fourth-order valence-corrected chi connectivity index (χ4v) is 1.67. The second-order valence-corrected chi connectivity index (χ2v) is 4.63. The summed E-state index contributed by atoms with van der Waals surface area (Å²) in [6.07, 6.45) is -0.155. The largest absolute Gasteiger partial charge is 0.481 e. The van der Waals surface area contributed by atoms with Gasteiger partial charge in [-0.1, -0.05) is 24.3 Å². The van der Waals surface area contributed by atoms with Crippen molar-refractivity contribution in [1.29, 1.82) is 0 Å². The molecule has 120 valence electrons. The lowest BCUT2D eigenvalue weighted by atomic mass is 10.1. The topological polar surface area (TPSA) is 95.9 Å². The Hall–Kier alpha value is -2.57. The Labute approximate surface area is 128 Å². The Bertz CT molecular complexity index is 527. The number of carbonyl (C=O) groups is 3. The third kappa shape index (κ3) is 5.82. The maximum atomic E-state index is 11.7. The van der Waals surface area contributed by atoms with E-state index in [0.717, 1.165) is 16.0 Å². The van der Waals surface area contributed by atoms with E-state index in [0.29, 0.717) is 6.42 Å². The number of benzene rings is 1. The first-order chi connectivity index (χ1) is 10.4. The highest BCUT2D eigenvalue weighted by atomic mass is 16.6. The van der Waals surface area contributed by atoms with Crippen molar-refractivity contribution < 1.29 is 24.2 Å². The molecule has 7 heteroatoms. The highest BCUT2D eigenvalue weighted by Crippen LogP contribution is 2.07. The van der Waals surface area contributed by atoms with Crippen LogP contribution in [0.1, 0.15) is 24.5 Å². The Morgan fingerprint density at radius 2 is 1.77 bits per heavy atom. The smallest absolute Gasteiger partial charge is 0.417 e. The summed E-state index contributed by atoms with van der Waals surface area (Å²) in [4.78, 5) is 34.4. The van der Waals surface area contributed by atoms with Crippen molar-refractivity contribution in [2.75, 3.05) is 13.7 Å². The number of rotatable bonds is 6. The quantitative estimate of drug-likeness (QED) is 0.838. The van der Waals surface area contributed by atoms with Crippen molar-refractivity contribution in [3.8, 4) is 0 Å². The summed E-state index contributed by atoms with van der Waals surface area (Å²) in [6, 6.07) is 6.70. The second kappa shape index (κ2) is 8.66. The summed E-state index contributed by atoms with van der Waals surface area (Å²) >= 11 is 0. The molecule has 0 heterocycles. The molecule has 1 aromatic rings. The molecule has 0 aliphatic rings. The molecule has 0 bridgehead atoms. The molecule has 0 saturated carbocycles. The van der Waals surface area contributed by atoms with Crippen molar-refractivity contribution >= 4 is 18.1 Å². The minimum absolute atomic E-state index is 0.0837. The van der Waals surface area contributed by atoms with Crippen molar-refractivity contribution in [1.82, 2.24) is 10.2 Å². The molecule has 0 unspecified atom stereocenters. The van der Waals surface area contributed by atoms with Crippen molar-refractivity contribution in [3.05, 3.63) is 35.4 Å². The molecule has 1 aromatic carbocycles. The van der Waals surface area contributed by atoms with E-state index in [1.807, 2.05) is 24.3 Å². The number of nitrogens with zero attached hydrogens (tertiary/aromatic N) is 1. The molecule has 0 atom stereocenters. The summed E-state index contributed by atoms with van der Waals surface area (Å²) < 4.78 is 4.72. The number of carboxylic acid groups (broad SMARTS) is 1. The summed E-state index contributed by atoms with van der Waals surface area (Å²) in [7, 11) is 1.34. The van der Waals surface area contributed by atoms with E-state index >= 15 is 0 Å². The summed E-state index contributed by atoms with van der Waals surface area (Å²) in [6.45, 7) is 2.13. The number of aliphatic carboxylic acids is 1.